The van der Waals surface area contributed by atoms with E-state index in [0.717, 1.165) is 24.5 Å². The van der Waals surface area contributed by atoms with E-state index >= 15 is 0 Å². The van der Waals surface area contributed by atoms with E-state index in [0.29, 0.717) is 18.1 Å². The van der Waals surface area contributed by atoms with Gasteiger partial charge in [0.2, 0.25) is 11.7 Å². The third kappa shape index (κ3) is 2.96. The van der Waals surface area contributed by atoms with Gasteiger partial charge in [-0.25, -0.2) is 0 Å². The van der Waals surface area contributed by atoms with Crippen molar-refractivity contribution in [1.29, 1.82) is 0 Å². The standard InChI is InChI=1S/C10H17N3O2S/c1-2-7(11)5-9-12-10(13-15-9)8-6-16-4-3-14-8/h7-8H,2-6,11H2,1H3. The van der Waals surface area contributed by atoms with Gasteiger partial charge in [-0.1, -0.05) is 12.1 Å². The van der Waals surface area contributed by atoms with Gasteiger partial charge in [0.25, 0.3) is 0 Å². The van der Waals surface area contributed by atoms with E-state index in [1.54, 1.807) is 0 Å². The Morgan fingerprint density at radius 1 is 1.62 bits per heavy atom. The number of ether oxygens (including phenoxy) is 1. The monoisotopic (exact) mass is 243 g/mol. The Balaban J connectivity index is 1.95. The molecular formula is C10H17N3O2S. The van der Waals surface area contributed by atoms with Gasteiger partial charge in [-0.15, -0.1) is 0 Å². The molecule has 16 heavy (non-hydrogen) atoms. The number of nitrogens with zero attached hydrogens (tertiary/aromatic N) is 2. The second-order valence-corrected chi connectivity index (χ2v) is 5.00. The molecular weight excluding hydrogens is 226 g/mol. The summed E-state index contributed by atoms with van der Waals surface area (Å²) in [5.41, 5.74) is 5.83. The van der Waals surface area contributed by atoms with Crippen LogP contribution in [0.2, 0.25) is 0 Å². The van der Waals surface area contributed by atoms with Crippen LogP contribution in [-0.2, 0) is 11.2 Å². The van der Waals surface area contributed by atoms with Crippen LogP contribution in [0.15, 0.2) is 4.52 Å². The normalized spacial score (nSPS) is 23.2. The molecule has 5 nitrogen and oxygen atoms in total. The maximum absolute atomic E-state index is 5.83. The Kier molecular flexibility index (Phi) is 4.20. The lowest BCUT2D eigenvalue weighted by atomic mass is 10.2. The number of hydrogen-bond donors (Lipinski definition) is 1. The summed E-state index contributed by atoms with van der Waals surface area (Å²) in [6.07, 6.45) is 1.53. The van der Waals surface area contributed by atoms with Crippen molar-refractivity contribution in [2.45, 2.75) is 31.9 Å². The summed E-state index contributed by atoms with van der Waals surface area (Å²) in [6, 6.07) is 0.0925. The zero-order valence-corrected chi connectivity index (χ0v) is 10.2. The van der Waals surface area contributed by atoms with Gasteiger partial charge >= 0.3 is 0 Å². The molecule has 0 saturated carbocycles. The maximum Gasteiger partial charge on any atom is 0.228 e. The summed E-state index contributed by atoms with van der Waals surface area (Å²) >= 11 is 1.85. The van der Waals surface area contributed by atoms with Gasteiger partial charge in [0.1, 0.15) is 6.10 Å². The van der Waals surface area contributed by atoms with E-state index in [9.17, 15) is 0 Å². The van der Waals surface area contributed by atoms with Crippen molar-refractivity contribution in [3.05, 3.63) is 11.7 Å². The van der Waals surface area contributed by atoms with Crippen molar-refractivity contribution in [1.82, 2.24) is 10.1 Å². The minimum atomic E-state index is -0.0194. The van der Waals surface area contributed by atoms with Gasteiger partial charge in [-0.05, 0) is 6.42 Å². The molecule has 0 bridgehead atoms. The van der Waals surface area contributed by atoms with Crippen LogP contribution in [0, 0.1) is 0 Å². The summed E-state index contributed by atoms with van der Waals surface area (Å²) in [5.74, 6) is 3.22. The fourth-order valence-electron chi connectivity index (χ4n) is 1.49. The Morgan fingerprint density at radius 3 is 3.19 bits per heavy atom. The van der Waals surface area contributed by atoms with Crippen molar-refractivity contribution in [3.8, 4) is 0 Å². The molecule has 0 amide bonds. The van der Waals surface area contributed by atoms with Crippen LogP contribution in [0.1, 0.15) is 31.2 Å². The molecule has 1 aromatic heterocycles. The summed E-state index contributed by atoms with van der Waals surface area (Å²) in [5, 5.41) is 3.95. The Bertz CT molecular complexity index is 326. The molecule has 1 saturated heterocycles. The zero-order chi connectivity index (χ0) is 11.4. The summed E-state index contributed by atoms with van der Waals surface area (Å²) < 4.78 is 10.7. The Morgan fingerprint density at radius 2 is 2.50 bits per heavy atom. The summed E-state index contributed by atoms with van der Waals surface area (Å²) in [7, 11) is 0. The number of nitrogens with two attached hydrogens (primary N) is 1. The SMILES string of the molecule is CCC(N)Cc1nc(C2CSCCO2)no1. The highest BCUT2D eigenvalue weighted by Gasteiger charge is 2.22. The first-order valence-corrected chi connectivity index (χ1v) is 6.72. The Hall–Kier alpha value is -0.590. The fraction of sp³-hybridized carbons (Fsp3) is 0.800. The van der Waals surface area contributed by atoms with E-state index in [-0.39, 0.29) is 12.1 Å². The molecule has 90 valence electrons. The van der Waals surface area contributed by atoms with Crippen molar-refractivity contribution in [2.24, 2.45) is 5.73 Å². The first kappa shape index (κ1) is 11.9. The molecule has 1 fully saturated rings. The predicted molar refractivity (Wildman–Crippen MR) is 62.3 cm³/mol. The van der Waals surface area contributed by atoms with Crippen LogP contribution in [0.5, 0.6) is 0 Å². The number of thioether (sulfide) groups is 1. The molecule has 1 aliphatic rings. The molecule has 0 radical (unpaired) electrons. The van der Waals surface area contributed by atoms with Crippen molar-refractivity contribution < 1.29 is 9.26 Å². The molecule has 0 aliphatic carbocycles. The number of aromatic nitrogens is 2. The molecule has 2 atom stereocenters. The quantitative estimate of drug-likeness (QED) is 0.855. The summed E-state index contributed by atoms with van der Waals surface area (Å²) in [6.45, 7) is 2.80. The molecule has 1 aromatic rings. The Labute approximate surface area is 99.1 Å². The molecule has 2 unspecified atom stereocenters. The van der Waals surface area contributed by atoms with Gasteiger partial charge in [0, 0.05) is 24.0 Å². The molecule has 2 N–H and O–H groups in total. The topological polar surface area (TPSA) is 74.2 Å². The first-order valence-electron chi connectivity index (χ1n) is 5.57. The second-order valence-electron chi connectivity index (χ2n) is 3.85. The van der Waals surface area contributed by atoms with Crippen molar-refractivity contribution in [2.75, 3.05) is 18.1 Å². The van der Waals surface area contributed by atoms with E-state index in [2.05, 4.69) is 10.1 Å². The third-order valence-electron chi connectivity index (χ3n) is 2.55. The van der Waals surface area contributed by atoms with Crippen molar-refractivity contribution >= 4 is 11.8 Å². The fourth-order valence-corrected chi connectivity index (χ4v) is 2.33. The lowest BCUT2D eigenvalue weighted by Gasteiger charge is -2.18. The predicted octanol–water partition coefficient (Wildman–Crippen LogP) is 1.15. The minimum Gasteiger partial charge on any atom is -0.368 e. The second kappa shape index (κ2) is 5.65. The molecule has 2 rings (SSSR count). The lowest BCUT2D eigenvalue weighted by molar-refractivity contribution is 0.0677. The van der Waals surface area contributed by atoms with Gasteiger partial charge in [0.05, 0.1) is 6.61 Å². The van der Waals surface area contributed by atoms with Crippen LogP contribution >= 0.6 is 11.8 Å². The lowest BCUT2D eigenvalue weighted by Crippen LogP contribution is -2.21. The van der Waals surface area contributed by atoms with Gasteiger partial charge in [-0.2, -0.15) is 16.7 Å². The minimum absolute atomic E-state index is 0.0194. The molecule has 0 aromatic carbocycles. The highest BCUT2D eigenvalue weighted by molar-refractivity contribution is 7.99. The first-order chi connectivity index (χ1) is 7.79. The smallest absolute Gasteiger partial charge is 0.228 e. The van der Waals surface area contributed by atoms with Gasteiger partial charge in [-0.3, -0.25) is 0 Å². The van der Waals surface area contributed by atoms with Crippen LogP contribution in [0.3, 0.4) is 0 Å². The van der Waals surface area contributed by atoms with E-state index in [1.165, 1.54) is 0 Å². The number of rotatable bonds is 4. The highest BCUT2D eigenvalue weighted by Crippen LogP contribution is 2.24. The number of hydrogen-bond acceptors (Lipinski definition) is 6. The van der Waals surface area contributed by atoms with Gasteiger partial charge < -0.3 is 15.0 Å². The third-order valence-corrected chi connectivity index (χ3v) is 3.54. The van der Waals surface area contributed by atoms with Crippen LogP contribution in [0.25, 0.3) is 0 Å². The van der Waals surface area contributed by atoms with E-state index in [1.807, 2.05) is 18.7 Å². The largest absolute Gasteiger partial charge is 0.368 e. The average Bonchev–Trinajstić information content (AvgIpc) is 2.78. The van der Waals surface area contributed by atoms with Gasteiger partial charge in [0.15, 0.2) is 0 Å². The van der Waals surface area contributed by atoms with Crippen LogP contribution in [-0.4, -0.2) is 34.3 Å². The maximum atomic E-state index is 5.83. The van der Waals surface area contributed by atoms with Crippen molar-refractivity contribution in [3.63, 3.8) is 0 Å². The molecule has 2 heterocycles. The van der Waals surface area contributed by atoms with E-state index in [4.69, 9.17) is 15.0 Å². The summed E-state index contributed by atoms with van der Waals surface area (Å²) in [4.78, 5) is 4.33. The average molecular weight is 243 g/mol. The molecule has 0 spiro atoms. The van der Waals surface area contributed by atoms with E-state index < -0.39 is 0 Å². The van der Waals surface area contributed by atoms with Crippen LogP contribution in [0.4, 0.5) is 0 Å². The zero-order valence-electron chi connectivity index (χ0n) is 9.39. The molecule has 6 heteroatoms. The molecule has 1 aliphatic heterocycles. The van der Waals surface area contributed by atoms with Crippen LogP contribution < -0.4 is 5.73 Å². The highest BCUT2D eigenvalue weighted by atomic mass is 32.2.